The van der Waals surface area contributed by atoms with Crippen LogP contribution in [0.1, 0.15) is 24.0 Å². The molecule has 0 heterocycles. The quantitative estimate of drug-likeness (QED) is 0.589. The van der Waals surface area contributed by atoms with E-state index in [1.807, 2.05) is 0 Å². The molecule has 106 valence electrons. The van der Waals surface area contributed by atoms with E-state index in [-0.39, 0.29) is 0 Å². The van der Waals surface area contributed by atoms with Crippen molar-refractivity contribution >= 4 is 16.3 Å². The molecule has 0 amide bonds. The van der Waals surface area contributed by atoms with Crippen LogP contribution < -0.4 is 0 Å². The molecule has 3 aliphatic rings. The van der Waals surface area contributed by atoms with Crippen LogP contribution in [0.5, 0.6) is 0 Å². The Bertz CT molecular complexity index is 903. The molecule has 1 unspecified atom stereocenters. The van der Waals surface area contributed by atoms with Crippen LogP contribution in [0.2, 0.25) is 0 Å². The maximum Gasteiger partial charge on any atom is 0.00390 e. The lowest BCUT2D eigenvalue weighted by atomic mass is 9.86. The first kappa shape index (κ1) is 12.2. The van der Waals surface area contributed by atoms with Gasteiger partial charge >= 0.3 is 0 Å². The van der Waals surface area contributed by atoms with Crippen LogP contribution in [-0.2, 0) is 6.42 Å². The average Bonchev–Trinajstić information content (AvgIpc) is 2.69. The van der Waals surface area contributed by atoms with Crippen LogP contribution in [0.15, 0.2) is 77.9 Å². The Hall–Kier alpha value is -2.34. The molecule has 2 aromatic rings. The minimum Gasteiger partial charge on any atom is -0.0839 e. The Labute approximate surface area is 131 Å². The standard InChI is InChI=1S/C22H18/c1-2-7-17-13-15(5-1)9-10-18-14-19-12-11-16-6-3-4-8-20(16)22(19)21(17)18/h1,3-6,8-13,17H,2,7,14H2. The fourth-order valence-corrected chi connectivity index (χ4v) is 4.22. The zero-order chi connectivity index (χ0) is 14.5. The summed E-state index contributed by atoms with van der Waals surface area (Å²) in [6, 6.07) is 13.4. The molecule has 1 atom stereocenters. The van der Waals surface area contributed by atoms with Crippen LogP contribution in [0, 0.1) is 5.92 Å². The third-order valence-corrected chi connectivity index (χ3v) is 5.21. The van der Waals surface area contributed by atoms with Crippen molar-refractivity contribution in [3.05, 3.63) is 89.1 Å². The Morgan fingerprint density at radius 2 is 1.86 bits per heavy atom. The molecule has 5 rings (SSSR count). The fraction of sp³-hybridized carbons (Fsp3) is 0.182. The summed E-state index contributed by atoms with van der Waals surface area (Å²) in [5.41, 5.74) is 7.50. The first-order valence-electron chi connectivity index (χ1n) is 8.21. The molecule has 0 nitrogen and oxygen atoms in total. The predicted octanol–water partition coefficient (Wildman–Crippen LogP) is 5.61. The number of hydrogen-bond donors (Lipinski definition) is 0. The second kappa shape index (κ2) is 4.58. The van der Waals surface area contributed by atoms with Crippen molar-refractivity contribution in [2.45, 2.75) is 19.3 Å². The maximum absolute atomic E-state index is 2.47. The van der Waals surface area contributed by atoms with E-state index in [1.54, 1.807) is 5.57 Å². The molecule has 3 aliphatic carbocycles. The third-order valence-electron chi connectivity index (χ3n) is 5.21. The lowest BCUT2D eigenvalue weighted by molar-refractivity contribution is 0.743. The van der Waals surface area contributed by atoms with Gasteiger partial charge in [-0.2, -0.15) is 0 Å². The third kappa shape index (κ3) is 1.70. The molecule has 0 fully saturated rings. The van der Waals surface area contributed by atoms with Crippen molar-refractivity contribution in [1.29, 1.82) is 0 Å². The number of hydrogen-bond acceptors (Lipinski definition) is 0. The fourth-order valence-electron chi connectivity index (χ4n) is 4.22. The average molecular weight is 282 g/mol. The largest absolute Gasteiger partial charge is 0.0839 e. The van der Waals surface area contributed by atoms with Gasteiger partial charge in [-0.25, -0.2) is 0 Å². The van der Waals surface area contributed by atoms with Gasteiger partial charge < -0.3 is 0 Å². The van der Waals surface area contributed by atoms with Gasteiger partial charge in [-0.3, -0.25) is 0 Å². The van der Waals surface area contributed by atoms with Gasteiger partial charge in [0, 0.05) is 5.92 Å². The lowest BCUT2D eigenvalue weighted by Crippen LogP contribution is -2.00. The summed E-state index contributed by atoms with van der Waals surface area (Å²) in [7, 11) is 0. The molecule has 0 aromatic heterocycles. The van der Waals surface area contributed by atoms with Crippen molar-refractivity contribution < 1.29 is 0 Å². The van der Waals surface area contributed by atoms with Gasteiger partial charge in [-0.1, -0.05) is 66.8 Å². The first-order chi connectivity index (χ1) is 10.9. The molecule has 0 spiro atoms. The number of allylic oxidation sites excluding steroid dienone is 8. The van der Waals surface area contributed by atoms with Crippen LogP contribution in [-0.4, -0.2) is 0 Å². The number of benzene rings is 2. The molecule has 2 bridgehead atoms. The van der Waals surface area contributed by atoms with Gasteiger partial charge in [-0.05, 0) is 57.9 Å². The summed E-state index contributed by atoms with van der Waals surface area (Å²) in [5.74, 6) is 0.557. The molecule has 0 N–H and O–H groups in total. The molecule has 22 heavy (non-hydrogen) atoms. The van der Waals surface area contributed by atoms with E-state index >= 15 is 0 Å². The summed E-state index contributed by atoms with van der Waals surface area (Å²) in [6.07, 6.45) is 15.2. The minimum atomic E-state index is 0.557. The summed E-state index contributed by atoms with van der Waals surface area (Å²) < 4.78 is 0. The van der Waals surface area contributed by atoms with E-state index in [1.165, 1.54) is 45.9 Å². The van der Waals surface area contributed by atoms with E-state index in [0.29, 0.717) is 5.92 Å². The molecule has 0 saturated carbocycles. The highest BCUT2D eigenvalue weighted by atomic mass is 14.3. The molecular formula is C22H18. The van der Waals surface area contributed by atoms with E-state index in [4.69, 9.17) is 0 Å². The summed E-state index contributed by atoms with van der Waals surface area (Å²) in [6.45, 7) is 0. The van der Waals surface area contributed by atoms with Crippen molar-refractivity contribution in [2.24, 2.45) is 5.92 Å². The summed E-state index contributed by atoms with van der Waals surface area (Å²) >= 11 is 0. The van der Waals surface area contributed by atoms with E-state index in [0.717, 1.165) is 6.42 Å². The van der Waals surface area contributed by atoms with E-state index in [2.05, 4.69) is 66.8 Å². The highest BCUT2D eigenvalue weighted by molar-refractivity contribution is 5.99. The number of rotatable bonds is 0. The second-order valence-electron chi connectivity index (χ2n) is 6.52. The summed E-state index contributed by atoms with van der Waals surface area (Å²) in [4.78, 5) is 0. The van der Waals surface area contributed by atoms with Gasteiger partial charge in [0.25, 0.3) is 0 Å². The molecule has 0 aliphatic heterocycles. The van der Waals surface area contributed by atoms with Gasteiger partial charge in [0.15, 0.2) is 0 Å². The molecule has 2 aromatic carbocycles. The topological polar surface area (TPSA) is 0 Å². The van der Waals surface area contributed by atoms with Crippen LogP contribution in [0.25, 0.3) is 16.3 Å². The molecule has 0 radical (unpaired) electrons. The van der Waals surface area contributed by atoms with Crippen LogP contribution in [0.3, 0.4) is 0 Å². The van der Waals surface area contributed by atoms with Gasteiger partial charge in [0.2, 0.25) is 0 Å². The lowest BCUT2D eigenvalue weighted by Gasteiger charge is -2.17. The van der Waals surface area contributed by atoms with Crippen molar-refractivity contribution in [2.75, 3.05) is 0 Å². The molecule has 0 heteroatoms. The van der Waals surface area contributed by atoms with E-state index in [9.17, 15) is 0 Å². The highest BCUT2D eigenvalue weighted by Gasteiger charge is 2.28. The van der Waals surface area contributed by atoms with Gasteiger partial charge in [0.05, 0.1) is 0 Å². The smallest absolute Gasteiger partial charge is 0.00390 e. The summed E-state index contributed by atoms with van der Waals surface area (Å²) in [5, 5.41) is 2.78. The van der Waals surface area contributed by atoms with Crippen molar-refractivity contribution in [3.8, 4) is 0 Å². The second-order valence-corrected chi connectivity index (χ2v) is 6.52. The van der Waals surface area contributed by atoms with Crippen LogP contribution in [0.4, 0.5) is 0 Å². The van der Waals surface area contributed by atoms with Gasteiger partial charge in [-0.15, -0.1) is 0 Å². The molecular weight excluding hydrogens is 264 g/mol. The van der Waals surface area contributed by atoms with E-state index < -0.39 is 0 Å². The first-order valence-corrected chi connectivity index (χ1v) is 8.21. The van der Waals surface area contributed by atoms with Crippen molar-refractivity contribution in [1.82, 2.24) is 0 Å². The monoisotopic (exact) mass is 282 g/mol. The maximum atomic E-state index is 2.47. The number of fused-ring (bicyclic) bond motifs is 6. The Balaban J connectivity index is 1.79. The highest BCUT2D eigenvalue weighted by Crippen LogP contribution is 2.46. The zero-order valence-corrected chi connectivity index (χ0v) is 12.5. The Kier molecular flexibility index (Phi) is 2.54. The van der Waals surface area contributed by atoms with Crippen LogP contribution >= 0.6 is 0 Å². The molecule has 0 saturated heterocycles. The van der Waals surface area contributed by atoms with Gasteiger partial charge in [0.1, 0.15) is 0 Å². The van der Waals surface area contributed by atoms with Crippen molar-refractivity contribution in [3.63, 3.8) is 0 Å². The normalized spacial score (nSPS) is 22.2. The Morgan fingerprint density at radius 1 is 0.909 bits per heavy atom. The minimum absolute atomic E-state index is 0.557. The SMILES string of the molecule is C1=CC2=CC(CC1)C1=C(C=C2)Cc2ccc3ccccc3c21. The predicted molar refractivity (Wildman–Crippen MR) is 93.7 cm³/mol. The zero-order valence-electron chi connectivity index (χ0n) is 12.5. The Morgan fingerprint density at radius 3 is 2.86 bits per heavy atom.